The number of aryl methyl sites for hydroxylation is 2. The molecule has 5 heteroatoms. The van der Waals surface area contributed by atoms with Gasteiger partial charge in [0.25, 0.3) is 5.91 Å². The lowest BCUT2D eigenvalue weighted by Crippen LogP contribution is -2.21. The van der Waals surface area contributed by atoms with E-state index in [1.165, 1.54) is 28.6 Å². The zero-order chi connectivity index (χ0) is 19.4. The Morgan fingerprint density at radius 1 is 1.04 bits per heavy atom. The third-order valence-corrected chi connectivity index (χ3v) is 5.60. The van der Waals surface area contributed by atoms with Crippen molar-refractivity contribution >= 4 is 40.3 Å². The molecular formula is C22H25N3OS. The Hall–Kier alpha value is -2.53. The molecule has 2 aromatic carbocycles. The lowest BCUT2D eigenvalue weighted by atomic mass is 10.1. The highest BCUT2D eigenvalue weighted by atomic mass is 32.2. The van der Waals surface area contributed by atoms with Crippen molar-refractivity contribution in [3.63, 3.8) is 0 Å². The van der Waals surface area contributed by atoms with Gasteiger partial charge in [0, 0.05) is 18.8 Å². The predicted molar refractivity (Wildman–Crippen MR) is 117 cm³/mol. The number of anilines is 1. The zero-order valence-corrected chi connectivity index (χ0v) is 17.1. The number of rotatable bonds is 5. The average molecular weight is 380 g/mol. The third-order valence-electron chi connectivity index (χ3n) is 4.69. The Bertz CT molecular complexity index is 896. The topological polar surface area (TPSA) is 44.7 Å². The lowest BCUT2D eigenvalue weighted by molar-refractivity contribution is -0.115. The van der Waals surface area contributed by atoms with Crippen LogP contribution in [0, 0.1) is 13.8 Å². The van der Waals surface area contributed by atoms with Crippen LogP contribution >= 0.6 is 11.8 Å². The number of aliphatic imine (C=N–C) groups is 1. The number of amides is 1. The van der Waals surface area contributed by atoms with E-state index in [0.29, 0.717) is 10.1 Å². The van der Waals surface area contributed by atoms with Crippen molar-refractivity contribution in [1.29, 1.82) is 0 Å². The fourth-order valence-corrected chi connectivity index (χ4v) is 3.76. The Kier molecular flexibility index (Phi) is 6.01. The number of carbonyl (C=O) groups excluding carboxylic acids is 1. The average Bonchev–Trinajstić information content (AvgIpc) is 2.99. The summed E-state index contributed by atoms with van der Waals surface area (Å²) in [5.74, 6) is -0.101. The van der Waals surface area contributed by atoms with Gasteiger partial charge in [0.05, 0.1) is 10.6 Å². The Morgan fingerprint density at radius 2 is 1.74 bits per heavy atom. The van der Waals surface area contributed by atoms with E-state index in [9.17, 15) is 4.79 Å². The van der Waals surface area contributed by atoms with Crippen molar-refractivity contribution < 1.29 is 4.79 Å². The number of amidine groups is 1. The fourth-order valence-electron chi connectivity index (χ4n) is 2.91. The summed E-state index contributed by atoms with van der Waals surface area (Å²) < 4.78 is 0. The van der Waals surface area contributed by atoms with Gasteiger partial charge >= 0.3 is 0 Å². The van der Waals surface area contributed by atoms with Crippen molar-refractivity contribution in [3.05, 3.63) is 64.1 Å². The van der Waals surface area contributed by atoms with Crippen LogP contribution in [0.1, 0.15) is 30.5 Å². The second-order valence-electron chi connectivity index (χ2n) is 6.51. The molecule has 0 saturated carbocycles. The van der Waals surface area contributed by atoms with Crippen LogP contribution in [0.5, 0.6) is 0 Å². The van der Waals surface area contributed by atoms with Crippen LogP contribution in [0.4, 0.5) is 11.4 Å². The minimum atomic E-state index is -0.101. The van der Waals surface area contributed by atoms with Crippen LogP contribution in [-0.2, 0) is 4.79 Å². The van der Waals surface area contributed by atoms with E-state index in [1.54, 1.807) is 0 Å². The molecule has 0 aromatic heterocycles. The molecule has 1 N–H and O–H groups in total. The van der Waals surface area contributed by atoms with Crippen LogP contribution < -0.4 is 10.2 Å². The van der Waals surface area contributed by atoms with Crippen LogP contribution in [0.25, 0.3) is 6.08 Å². The van der Waals surface area contributed by atoms with E-state index >= 15 is 0 Å². The molecule has 1 aliphatic heterocycles. The third kappa shape index (κ3) is 4.61. The SMILES string of the molecule is CCN(CC)c1ccc(/C=C2\SC(=Nc3ccc(C)c(C)c3)NC2=O)cc1. The molecule has 1 fully saturated rings. The lowest BCUT2D eigenvalue weighted by Gasteiger charge is -2.20. The Labute approximate surface area is 165 Å². The first-order valence-electron chi connectivity index (χ1n) is 9.22. The van der Waals surface area contributed by atoms with E-state index in [0.717, 1.165) is 24.3 Å². The van der Waals surface area contributed by atoms with Crippen molar-refractivity contribution in [3.8, 4) is 0 Å². The molecule has 4 nitrogen and oxygen atoms in total. The molecule has 0 unspecified atom stereocenters. The van der Waals surface area contributed by atoms with Gasteiger partial charge in [-0.15, -0.1) is 0 Å². The highest BCUT2D eigenvalue weighted by molar-refractivity contribution is 8.18. The van der Waals surface area contributed by atoms with Crippen molar-refractivity contribution in [2.45, 2.75) is 27.7 Å². The van der Waals surface area contributed by atoms with E-state index in [2.05, 4.69) is 55.0 Å². The van der Waals surface area contributed by atoms with Crippen LogP contribution in [-0.4, -0.2) is 24.2 Å². The molecule has 1 saturated heterocycles. The maximum absolute atomic E-state index is 12.3. The van der Waals surface area contributed by atoms with Crippen LogP contribution in [0.15, 0.2) is 52.4 Å². The standard InChI is InChI=1S/C22H25N3OS/c1-5-25(6-2)19-11-8-17(9-12-19)14-20-21(26)24-22(27-20)23-18-10-7-15(3)16(4)13-18/h7-14H,5-6H2,1-4H3,(H,23,24,26)/b20-14-. The summed E-state index contributed by atoms with van der Waals surface area (Å²) >= 11 is 1.38. The molecule has 3 rings (SSSR count). The Balaban J connectivity index is 1.76. The van der Waals surface area contributed by atoms with Gasteiger partial charge in [0.1, 0.15) is 0 Å². The first-order chi connectivity index (χ1) is 13.0. The normalized spacial score (nSPS) is 16.8. The van der Waals surface area contributed by atoms with E-state index in [4.69, 9.17) is 0 Å². The van der Waals surface area contributed by atoms with Gasteiger partial charge in [0.15, 0.2) is 5.17 Å². The number of thioether (sulfide) groups is 1. The number of hydrogen-bond acceptors (Lipinski definition) is 4. The molecule has 0 aliphatic carbocycles. The molecule has 0 bridgehead atoms. The van der Waals surface area contributed by atoms with Gasteiger partial charge in [-0.2, -0.15) is 0 Å². The number of nitrogens with zero attached hydrogens (tertiary/aromatic N) is 2. The summed E-state index contributed by atoms with van der Waals surface area (Å²) in [4.78, 5) is 19.8. The molecule has 1 aliphatic rings. The van der Waals surface area contributed by atoms with Gasteiger partial charge in [0.2, 0.25) is 0 Å². The first kappa shape index (κ1) is 19.2. The second-order valence-corrected chi connectivity index (χ2v) is 7.54. The predicted octanol–water partition coefficient (Wildman–Crippen LogP) is 5.04. The molecule has 0 atom stereocenters. The molecule has 140 valence electrons. The van der Waals surface area contributed by atoms with Crippen LogP contribution in [0.2, 0.25) is 0 Å². The monoisotopic (exact) mass is 379 g/mol. The summed E-state index contributed by atoms with van der Waals surface area (Å²) in [6.07, 6.45) is 1.91. The highest BCUT2D eigenvalue weighted by Gasteiger charge is 2.23. The largest absolute Gasteiger partial charge is 0.372 e. The van der Waals surface area contributed by atoms with E-state index in [1.807, 2.05) is 36.4 Å². The molecule has 0 spiro atoms. The van der Waals surface area contributed by atoms with Gasteiger partial charge in [-0.25, -0.2) is 4.99 Å². The summed E-state index contributed by atoms with van der Waals surface area (Å²) in [5, 5.41) is 3.47. The van der Waals surface area contributed by atoms with Crippen molar-refractivity contribution in [1.82, 2.24) is 5.32 Å². The van der Waals surface area contributed by atoms with Crippen molar-refractivity contribution in [2.24, 2.45) is 4.99 Å². The smallest absolute Gasteiger partial charge is 0.264 e. The maximum atomic E-state index is 12.3. The number of carbonyl (C=O) groups is 1. The van der Waals surface area contributed by atoms with Crippen molar-refractivity contribution in [2.75, 3.05) is 18.0 Å². The molecule has 1 amide bonds. The number of benzene rings is 2. The summed E-state index contributed by atoms with van der Waals surface area (Å²) in [7, 11) is 0. The van der Waals surface area contributed by atoms with Crippen LogP contribution in [0.3, 0.4) is 0 Å². The number of hydrogen-bond donors (Lipinski definition) is 1. The summed E-state index contributed by atoms with van der Waals surface area (Å²) in [6, 6.07) is 14.3. The summed E-state index contributed by atoms with van der Waals surface area (Å²) in [6.45, 7) is 10.4. The van der Waals surface area contributed by atoms with E-state index < -0.39 is 0 Å². The van der Waals surface area contributed by atoms with Gasteiger partial charge in [-0.05, 0) is 86.5 Å². The molecule has 0 radical (unpaired) electrons. The minimum Gasteiger partial charge on any atom is -0.372 e. The minimum absolute atomic E-state index is 0.101. The second kappa shape index (κ2) is 8.44. The fraction of sp³-hybridized carbons (Fsp3) is 0.273. The molecule has 1 heterocycles. The maximum Gasteiger partial charge on any atom is 0.264 e. The van der Waals surface area contributed by atoms with Gasteiger partial charge in [-0.1, -0.05) is 18.2 Å². The molecular weight excluding hydrogens is 354 g/mol. The molecule has 27 heavy (non-hydrogen) atoms. The Morgan fingerprint density at radius 3 is 2.37 bits per heavy atom. The number of nitrogens with one attached hydrogen (secondary N) is 1. The van der Waals surface area contributed by atoms with Gasteiger partial charge in [-0.3, -0.25) is 4.79 Å². The quantitative estimate of drug-likeness (QED) is 0.740. The summed E-state index contributed by atoms with van der Waals surface area (Å²) in [5.41, 5.74) is 5.48. The highest BCUT2D eigenvalue weighted by Crippen LogP contribution is 2.29. The van der Waals surface area contributed by atoms with Gasteiger partial charge < -0.3 is 10.2 Å². The van der Waals surface area contributed by atoms with E-state index in [-0.39, 0.29) is 5.91 Å². The zero-order valence-electron chi connectivity index (χ0n) is 16.2. The first-order valence-corrected chi connectivity index (χ1v) is 10.0. The molecule has 2 aromatic rings.